The second kappa shape index (κ2) is 9.62. The van der Waals surface area contributed by atoms with Crippen LogP contribution in [0.1, 0.15) is 15.9 Å². The Morgan fingerprint density at radius 1 is 1.09 bits per heavy atom. The van der Waals surface area contributed by atoms with Crippen LogP contribution >= 0.6 is 0 Å². The first-order chi connectivity index (χ1) is 15.5. The number of likely N-dealkylation sites (N-methyl/N-ethyl adjacent to an activating group) is 1. The topological polar surface area (TPSA) is 77.6 Å². The van der Waals surface area contributed by atoms with Gasteiger partial charge in [-0.25, -0.2) is 4.98 Å². The number of amides is 2. The van der Waals surface area contributed by atoms with Crippen molar-refractivity contribution in [1.29, 1.82) is 0 Å². The molecule has 7 heteroatoms. The van der Waals surface area contributed by atoms with Crippen LogP contribution < -0.4 is 15.5 Å². The van der Waals surface area contributed by atoms with Crippen LogP contribution in [0.2, 0.25) is 0 Å². The highest BCUT2D eigenvalue weighted by molar-refractivity contribution is 6.02. The maximum absolute atomic E-state index is 12.7. The van der Waals surface area contributed by atoms with Gasteiger partial charge in [-0.2, -0.15) is 0 Å². The van der Waals surface area contributed by atoms with Crippen LogP contribution in [0, 0.1) is 0 Å². The first kappa shape index (κ1) is 21.5. The molecule has 0 fully saturated rings. The highest BCUT2D eigenvalue weighted by Gasteiger charge is 2.25. The van der Waals surface area contributed by atoms with Crippen LogP contribution in [0.3, 0.4) is 0 Å². The monoisotopic (exact) mass is 429 g/mol. The van der Waals surface area contributed by atoms with E-state index in [4.69, 9.17) is 0 Å². The molecule has 0 saturated heterocycles. The van der Waals surface area contributed by atoms with E-state index in [1.54, 1.807) is 17.2 Å². The lowest BCUT2D eigenvalue weighted by Crippen LogP contribution is -2.39. The van der Waals surface area contributed by atoms with Crippen molar-refractivity contribution in [3.8, 4) is 11.1 Å². The maximum Gasteiger partial charge on any atom is 0.251 e. The van der Waals surface area contributed by atoms with Crippen LogP contribution in [0.25, 0.3) is 11.1 Å². The number of rotatable bonds is 7. The summed E-state index contributed by atoms with van der Waals surface area (Å²) >= 11 is 0. The molecule has 0 unspecified atom stereocenters. The van der Waals surface area contributed by atoms with E-state index >= 15 is 0 Å². The first-order valence-corrected chi connectivity index (χ1v) is 10.6. The number of anilines is 2. The number of nitrogens with zero attached hydrogens (tertiary/aromatic N) is 3. The summed E-state index contributed by atoms with van der Waals surface area (Å²) in [5, 5.41) is 6.04. The minimum Gasteiger partial charge on any atom is -0.359 e. The van der Waals surface area contributed by atoms with Gasteiger partial charge in [0.05, 0.1) is 18.8 Å². The molecule has 0 radical (unpaired) electrons. The van der Waals surface area contributed by atoms with Gasteiger partial charge >= 0.3 is 0 Å². The van der Waals surface area contributed by atoms with Crippen LogP contribution in [0.5, 0.6) is 0 Å². The Balaban J connectivity index is 1.59. The number of hydrogen-bond donors (Lipinski definition) is 2. The fourth-order valence-corrected chi connectivity index (χ4v) is 3.62. The molecule has 1 aromatic heterocycles. The van der Waals surface area contributed by atoms with Gasteiger partial charge in [-0.15, -0.1) is 0 Å². The number of nitrogens with one attached hydrogen (secondary N) is 2. The van der Waals surface area contributed by atoms with Gasteiger partial charge in [0.25, 0.3) is 5.91 Å². The molecule has 164 valence electrons. The van der Waals surface area contributed by atoms with Crippen LogP contribution in [-0.2, 0) is 11.3 Å². The molecule has 0 atom stereocenters. The predicted molar refractivity (Wildman–Crippen MR) is 127 cm³/mol. The molecule has 32 heavy (non-hydrogen) atoms. The Labute approximate surface area is 188 Å². The third-order valence-electron chi connectivity index (χ3n) is 5.35. The van der Waals surface area contributed by atoms with E-state index in [0.29, 0.717) is 24.5 Å². The minimum atomic E-state index is -0.109. The highest BCUT2D eigenvalue weighted by Crippen LogP contribution is 2.33. The highest BCUT2D eigenvalue weighted by atomic mass is 16.2. The molecule has 2 amide bonds. The van der Waals surface area contributed by atoms with Gasteiger partial charge in [0.2, 0.25) is 5.91 Å². The Bertz CT molecular complexity index is 1110. The molecule has 0 bridgehead atoms. The van der Waals surface area contributed by atoms with Gasteiger partial charge in [0.1, 0.15) is 0 Å². The molecule has 0 saturated carbocycles. The number of hydrogen-bond acceptors (Lipinski definition) is 5. The zero-order valence-electron chi connectivity index (χ0n) is 18.3. The van der Waals surface area contributed by atoms with Crippen molar-refractivity contribution in [3.63, 3.8) is 0 Å². The van der Waals surface area contributed by atoms with E-state index in [9.17, 15) is 9.59 Å². The minimum absolute atomic E-state index is 0.00526. The molecule has 3 aromatic rings. The Morgan fingerprint density at radius 3 is 2.69 bits per heavy atom. The molecule has 2 aromatic carbocycles. The first-order valence-electron chi connectivity index (χ1n) is 10.6. The lowest BCUT2D eigenvalue weighted by molar-refractivity contribution is -0.117. The van der Waals surface area contributed by atoms with Gasteiger partial charge in [0.15, 0.2) is 5.82 Å². The summed E-state index contributed by atoms with van der Waals surface area (Å²) in [7, 11) is 3.94. The number of carbonyl (C=O) groups excluding carboxylic acids is 2. The Hall–Kier alpha value is -3.71. The normalized spacial score (nSPS) is 13.0. The number of benzene rings is 2. The quantitative estimate of drug-likeness (QED) is 0.604. The predicted octanol–water partition coefficient (Wildman–Crippen LogP) is 3.00. The summed E-state index contributed by atoms with van der Waals surface area (Å²) in [5.74, 6) is 0.568. The van der Waals surface area contributed by atoms with Crippen molar-refractivity contribution < 1.29 is 9.59 Å². The Morgan fingerprint density at radius 2 is 1.91 bits per heavy atom. The van der Waals surface area contributed by atoms with E-state index in [1.807, 2.05) is 73.6 Å². The average molecular weight is 430 g/mol. The summed E-state index contributed by atoms with van der Waals surface area (Å²) < 4.78 is 0. The molecule has 1 aliphatic rings. The smallest absolute Gasteiger partial charge is 0.251 e. The number of carbonyl (C=O) groups is 2. The van der Waals surface area contributed by atoms with Crippen LogP contribution in [0.4, 0.5) is 11.5 Å². The van der Waals surface area contributed by atoms with E-state index in [-0.39, 0.29) is 18.4 Å². The molecule has 0 spiro atoms. The van der Waals surface area contributed by atoms with Crippen LogP contribution in [-0.4, -0.2) is 55.4 Å². The summed E-state index contributed by atoms with van der Waals surface area (Å²) in [6.07, 6.45) is 1.77. The van der Waals surface area contributed by atoms with Gasteiger partial charge in [-0.1, -0.05) is 42.5 Å². The van der Waals surface area contributed by atoms with Gasteiger partial charge in [-0.3, -0.25) is 9.59 Å². The summed E-state index contributed by atoms with van der Waals surface area (Å²) in [6.45, 7) is 2.06. The van der Waals surface area contributed by atoms with E-state index in [0.717, 1.165) is 28.9 Å². The summed E-state index contributed by atoms with van der Waals surface area (Å²) in [4.78, 5) is 33.5. The third-order valence-corrected chi connectivity index (χ3v) is 5.35. The fraction of sp³-hybridized carbons (Fsp3) is 0.240. The van der Waals surface area contributed by atoms with E-state index in [2.05, 4.69) is 15.6 Å². The molecule has 7 nitrogen and oxygen atoms in total. The van der Waals surface area contributed by atoms with E-state index < -0.39 is 0 Å². The standard InChI is InChI=1S/C25H27N5O2/c1-29(2)12-11-26-25(32)20-10-6-9-19(13-20)21-14-22-24(27-15-21)28-16-23(31)30(22)17-18-7-4-3-5-8-18/h3-10,13-15H,11-12,16-17H2,1-2H3,(H,26,32)(H,27,28). The van der Waals surface area contributed by atoms with Crippen molar-refractivity contribution >= 4 is 23.3 Å². The van der Waals surface area contributed by atoms with Crippen molar-refractivity contribution in [2.75, 3.05) is 43.9 Å². The molecule has 2 heterocycles. The third kappa shape index (κ3) is 4.95. The average Bonchev–Trinajstić information content (AvgIpc) is 2.81. The van der Waals surface area contributed by atoms with E-state index in [1.165, 1.54) is 0 Å². The molecular weight excluding hydrogens is 402 g/mol. The van der Waals surface area contributed by atoms with Crippen LogP contribution in [0.15, 0.2) is 66.9 Å². The van der Waals surface area contributed by atoms with Crippen molar-refractivity contribution in [2.45, 2.75) is 6.54 Å². The SMILES string of the molecule is CN(C)CCNC(=O)c1cccc(-c2cnc3c(c2)N(Cc2ccccc2)C(=O)CN3)c1. The summed E-state index contributed by atoms with van der Waals surface area (Å²) in [5.41, 5.74) is 4.10. The van der Waals surface area contributed by atoms with Crippen molar-refractivity contribution in [3.05, 3.63) is 78.0 Å². The number of fused-ring (bicyclic) bond motifs is 1. The molecule has 4 rings (SSSR count). The lowest BCUT2D eigenvalue weighted by Gasteiger charge is -2.30. The largest absolute Gasteiger partial charge is 0.359 e. The molecule has 0 aliphatic carbocycles. The zero-order valence-corrected chi connectivity index (χ0v) is 18.3. The number of aromatic nitrogens is 1. The van der Waals surface area contributed by atoms with Gasteiger partial charge in [-0.05, 0) is 43.4 Å². The lowest BCUT2D eigenvalue weighted by atomic mass is 10.0. The van der Waals surface area contributed by atoms with Gasteiger partial charge < -0.3 is 20.4 Å². The van der Waals surface area contributed by atoms with Gasteiger partial charge in [0, 0.05) is 30.4 Å². The second-order valence-corrected chi connectivity index (χ2v) is 8.05. The Kier molecular flexibility index (Phi) is 6.47. The fourth-order valence-electron chi connectivity index (χ4n) is 3.62. The molecule has 2 N–H and O–H groups in total. The zero-order chi connectivity index (χ0) is 22.5. The molecule has 1 aliphatic heterocycles. The maximum atomic E-state index is 12.7. The summed E-state index contributed by atoms with van der Waals surface area (Å²) in [6, 6.07) is 19.3. The number of pyridine rings is 1. The van der Waals surface area contributed by atoms with Crippen molar-refractivity contribution in [1.82, 2.24) is 15.2 Å². The van der Waals surface area contributed by atoms with Crippen molar-refractivity contribution in [2.24, 2.45) is 0 Å². The second-order valence-electron chi connectivity index (χ2n) is 8.05. The molecular formula is C25H27N5O2.